The number of hydrogen-bond donors (Lipinski definition) is 1. The van der Waals surface area contributed by atoms with Gasteiger partial charge >= 0.3 is 0 Å². The SMILES string of the molecule is Cc1ccccc1C(C)NCC1CCCC(C)C1. The summed E-state index contributed by atoms with van der Waals surface area (Å²) in [5, 5.41) is 3.73. The third kappa shape index (κ3) is 3.58. The quantitative estimate of drug-likeness (QED) is 0.825. The summed E-state index contributed by atoms with van der Waals surface area (Å²) in [6, 6.07) is 9.19. The Hall–Kier alpha value is -0.820. The van der Waals surface area contributed by atoms with Crippen LogP contribution in [0, 0.1) is 18.8 Å². The number of hydrogen-bond acceptors (Lipinski definition) is 1. The van der Waals surface area contributed by atoms with E-state index in [1.807, 2.05) is 0 Å². The molecule has 1 aromatic carbocycles. The molecule has 0 aliphatic heterocycles. The Labute approximate surface area is 112 Å². The first-order chi connectivity index (χ1) is 8.66. The van der Waals surface area contributed by atoms with Crippen LogP contribution in [0.3, 0.4) is 0 Å². The van der Waals surface area contributed by atoms with Gasteiger partial charge in [0.25, 0.3) is 0 Å². The lowest BCUT2D eigenvalue weighted by Gasteiger charge is -2.28. The third-order valence-corrected chi connectivity index (χ3v) is 4.41. The molecule has 1 N–H and O–H groups in total. The van der Waals surface area contributed by atoms with Crippen LogP contribution in [0.4, 0.5) is 0 Å². The minimum absolute atomic E-state index is 0.475. The van der Waals surface area contributed by atoms with Crippen molar-refractivity contribution in [2.75, 3.05) is 6.54 Å². The summed E-state index contributed by atoms with van der Waals surface area (Å²) in [6.45, 7) is 8.07. The molecule has 0 radical (unpaired) electrons. The molecule has 18 heavy (non-hydrogen) atoms. The van der Waals surface area contributed by atoms with Gasteiger partial charge in [-0.1, -0.05) is 44.0 Å². The number of rotatable bonds is 4. The second-order valence-electron chi connectivity index (χ2n) is 6.12. The highest BCUT2D eigenvalue weighted by Crippen LogP contribution is 2.28. The Morgan fingerprint density at radius 3 is 2.78 bits per heavy atom. The van der Waals surface area contributed by atoms with Crippen LogP contribution in [0.2, 0.25) is 0 Å². The van der Waals surface area contributed by atoms with Crippen LogP contribution < -0.4 is 5.32 Å². The zero-order valence-electron chi connectivity index (χ0n) is 12.1. The van der Waals surface area contributed by atoms with Crippen molar-refractivity contribution in [1.29, 1.82) is 0 Å². The maximum atomic E-state index is 3.73. The molecule has 0 aromatic heterocycles. The van der Waals surface area contributed by atoms with E-state index in [0.29, 0.717) is 6.04 Å². The molecule has 0 saturated heterocycles. The Bertz CT molecular complexity index is 372. The van der Waals surface area contributed by atoms with Gasteiger partial charge in [0.2, 0.25) is 0 Å². The molecule has 3 atom stereocenters. The molecule has 0 spiro atoms. The highest BCUT2D eigenvalue weighted by Gasteiger charge is 2.19. The smallest absolute Gasteiger partial charge is 0.0294 e. The minimum atomic E-state index is 0.475. The van der Waals surface area contributed by atoms with Gasteiger partial charge in [0.15, 0.2) is 0 Å². The molecule has 1 nitrogen and oxygen atoms in total. The van der Waals surface area contributed by atoms with Crippen LogP contribution in [0.5, 0.6) is 0 Å². The summed E-state index contributed by atoms with van der Waals surface area (Å²) in [7, 11) is 0. The van der Waals surface area contributed by atoms with Gasteiger partial charge in [-0.15, -0.1) is 0 Å². The van der Waals surface area contributed by atoms with E-state index < -0.39 is 0 Å². The fourth-order valence-corrected chi connectivity index (χ4v) is 3.27. The molecular formula is C17H27N. The molecule has 100 valence electrons. The molecule has 1 aliphatic carbocycles. The number of aryl methyl sites for hydroxylation is 1. The van der Waals surface area contributed by atoms with Gasteiger partial charge in [-0.2, -0.15) is 0 Å². The summed E-state index contributed by atoms with van der Waals surface area (Å²) in [4.78, 5) is 0. The van der Waals surface area contributed by atoms with Crippen molar-refractivity contribution in [3.8, 4) is 0 Å². The van der Waals surface area contributed by atoms with Crippen LogP contribution in [0.25, 0.3) is 0 Å². The minimum Gasteiger partial charge on any atom is -0.310 e. The number of benzene rings is 1. The molecule has 1 aliphatic rings. The first-order valence-corrected chi connectivity index (χ1v) is 7.45. The molecule has 3 unspecified atom stereocenters. The van der Waals surface area contributed by atoms with Crippen molar-refractivity contribution in [3.63, 3.8) is 0 Å². The molecule has 1 heteroatoms. The predicted molar refractivity (Wildman–Crippen MR) is 78.7 cm³/mol. The van der Waals surface area contributed by atoms with Gasteiger partial charge in [0.05, 0.1) is 0 Å². The Morgan fingerprint density at radius 2 is 2.06 bits per heavy atom. The average molecular weight is 245 g/mol. The van der Waals surface area contributed by atoms with Gasteiger partial charge in [-0.05, 0) is 56.2 Å². The van der Waals surface area contributed by atoms with E-state index in [2.05, 4.69) is 50.4 Å². The Balaban J connectivity index is 1.84. The fourth-order valence-electron chi connectivity index (χ4n) is 3.27. The van der Waals surface area contributed by atoms with Crippen molar-refractivity contribution in [1.82, 2.24) is 5.32 Å². The maximum Gasteiger partial charge on any atom is 0.0294 e. The fraction of sp³-hybridized carbons (Fsp3) is 0.647. The molecule has 0 bridgehead atoms. The van der Waals surface area contributed by atoms with Crippen LogP contribution in [-0.4, -0.2) is 6.54 Å². The summed E-state index contributed by atoms with van der Waals surface area (Å²) < 4.78 is 0. The topological polar surface area (TPSA) is 12.0 Å². The molecule has 0 amide bonds. The number of nitrogens with one attached hydrogen (secondary N) is 1. The third-order valence-electron chi connectivity index (χ3n) is 4.41. The van der Waals surface area contributed by atoms with Crippen molar-refractivity contribution in [2.45, 2.75) is 52.5 Å². The van der Waals surface area contributed by atoms with Gasteiger partial charge in [-0.3, -0.25) is 0 Å². The molecule has 1 aromatic rings. The van der Waals surface area contributed by atoms with E-state index in [1.54, 1.807) is 0 Å². The molecule has 0 heterocycles. The van der Waals surface area contributed by atoms with Crippen LogP contribution in [0.15, 0.2) is 24.3 Å². The van der Waals surface area contributed by atoms with Crippen molar-refractivity contribution in [2.24, 2.45) is 11.8 Å². The van der Waals surface area contributed by atoms with Gasteiger partial charge in [-0.25, -0.2) is 0 Å². The second kappa shape index (κ2) is 6.38. The normalized spacial score (nSPS) is 25.9. The molecular weight excluding hydrogens is 218 g/mol. The van der Waals surface area contributed by atoms with E-state index >= 15 is 0 Å². The Kier molecular flexibility index (Phi) is 4.82. The van der Waals surface area contributed by atoms with Gasteiger partial charge in [0, 0.05) is 6.04 Å². The first-order valence-electron chi connectivity index (χ1n) is 7.45. The van der Waals surface area contributed by atoms with E-state index in [4.69, 9.17) is 0 Å². The van der Waals surface area contributed by atoms with Crippen molar-refractivity contribution < 1.29 is 0 Å². The standard InChI is InChI=1S/C17H27N/c1-13-7-6-9-16(11-13)12-18-15(3)17-10-5-4-8-14(17)2/h4-5,8,10,13,15-16,18H,6-7,9,11-12H2,1-3H3. The predicted octanol–water partition coefficient (Wildman–Crippen LogP) is 4.47. The summed E-state index contributed by atoms with van der Waals surface area (Å²) >= 11 is 0. The highest BCUT2D eigenvalue weighted by atomic mass is 14.9. The zero-order valence-corrected chi connectivity index (χ0v) is 12.1. The lowest BCUT2D eigenvalue weighted by atomic mass is 9.82. The van der Waals surface area contributed by atoms with Gasteiger partial charge < -0.3 is 5.32 Å². The van der Waals surface area contributed by atoms with Crippen LogP contribution in [0.1, 0.15) is 56.7 Å². The average Bonchev–Trinajstić information content (AvgIpc) is 2.37. The second-order valence-corrected chi connectivity index (χ2v) is 6.12. The van der Waals surface area contributed by atoms with Crippen molar-refractivity contribution >= 4 is 0 Å². The summed E-state index contributed by atoms with van der Waals surface area (Å²) in [5.41, 5.74) is 2.84. The zero-order chi connectivity index (χ0) is 13.0. The largest absolute Gasteiger partial charge is 0.310 e. The van der Waals surface area contributed by atoms with E-state index in [-0.39, 0.29) is 0 Å². The van der Waals surface area contributed by atoms with E-state index in [1.165, 1.54) is 43.4 Å². The van der Waals surface area contributed by atoms with E-state index in [0.717, 1.165) is 11.8 Å². The molecule has 1 fully saturated rings. The Morgan fingerprint density at radius 1 is 1.28 bits per heavy atom. The van der Waals surface area contributed by atoms with Gasteiger partial charge in [0.1, 0.15) is 0 Å². The molecule has 2 rings (SSSR count). The maximum absolute atomic E-state index is 3.73. The lowest BCUT2D eigenvalue weighted by Crippen LogP contribution is -2.29. The van der Waals surface area contributed by atoms with Crippen LogP contribution >= 0.6 is 0 Å². The lowest BCUT2D eigenvalue weighted by molar-refractivity contribution is 0.268. The molecule has 1 saturated carbocycles. The monoisotopic (exact) mass is 245 g/mol. The van der Waals surface area contributed by atoms with E-state index in [9.17, 15) is 0 Å². The summed E-state index contributed by atoms with van der Waals surface area (Å²) in [6.07, 6.45) is 5.68. The first kappa shape index (κ1) is 13.6. The summed E-state index contributed by atoms with van der Waals surface area (Å²) in [5.74, 6) is 1.82. The highest BCUT2D eigenvalue weighted by molar-refractivity contribution is 5.28. The van der Waals surface area contributed by atoms with Crippen LogP contribution in [-0.2, 0) is 0 Å². The van der Waals surface area contributed by atoms with Crippen molar-refractivity contribution in [3.05, 3.63) is 35.4 Å².